The van der Waals surface area contributed by atoms with Crippen molar-refractivity contribution >= 4 is 40.7 Å². The average Bonchev–Trinajstić information content (AvgIpc) is 2.71. The molecule has 28 heavy (non-hydrogen) atoms. The number of aromatic nitrogens is 1. The Bertz CT molecular complexity index is 836. The highest BCUT2D eigenvalue weighted by Gasteiger charge is 2.27. The molecule has 2 aromatic rings. The van der Waals surface area contributed by atoms with Gasteiger partial charge in [-0.3, -0.25) is 14.5 Å². The Labute approximate surface area is 174 Å². The molecule has 3 rings (SSSR count). The monoisotopic (exact) mass is 420 g/mol. The van der Waals surface area contributed by atoms with E-state index in [-0.39, 0.29) is 23.0 Å². The zero-order chi connectivity index (χ0) is 20.1. The van der Waals surface area contributed by atoms with Crippen LogP contribution >= 0.6 is 23.2 Å². The molecule has 1 aliphatic rings. The molecular formula is C20H22Cl2N4O2. The number of rotatable bonds is 5. The van der Waals surface area contributed by atoms with Crippen molar-refractivity contribution in [3.05, 3.63) is 58.3 Å². The van der Waals surface area contributed by atoms with E-state index in [1.54, 1.807) is 30.5 Å². The number of carbonyl (C=O) groups is 2. The maximum atomic E-state index is 12.5. The largest absolute Gasteiger partial charge is 0.340 e. The van der Waals surface area contributed by atoms with Gasteiger partial charge in [0.1, 0.15) is 0 Å². The van der Waals surface area contributed by atoms with Crippen LogP contribution in [-0.4, -0.2) is 58.8 Å². The maximum Gasteiger partial charge on any atom is 0.241 e. The quantitative estimate of drug-likeness (QED) is 0.754. The number of pyridine rings is 1. The summed E-state index contributed by atoms with van der Waals surface area (Å²) in [6.07, 6.45) is 1.93. The normalized spacial score (nSPS) is 15.9. The minimum absolute atomic E-state index is 0.0845. The Hall–Kier alpha value is -2.15. The van der Waals surface area contributed by atoms with Crippen molar-refractivity contribution in [1.29, 1.82) is 0 Å². The van der Waals surface area contributed by atoms with Crippen LogP contribution in [0, 0.1) is 0 Å². The van der Waals surface area contributed by atoms with Crippen molar-refractivity contribution in [2.45, 2.75) is 19.4 Å². The molecule has 1 unspecified atom stereocenters. The van der Waals surface area contributed by atoms with Crippen molar-refractivity contribution < 1.29 is 9.59 Å². The molecule has 0 saturated carbocycles. The third kappa shape index (κ3) is 5.22. The Balaban J connectivity index is 1.50. The Kier molecular flexibility index (Phi) is 6.88. The van der Waals surface area contributed by atoms with Crippen LogP contribution < -0.4 is 5.32 Å². The van der Waals surface area contributed by atoms with Crippen LogP contribution in [-0.2, 0) is 16.0 Å². The summed E-state index contributed by atoms with van der Waals surface area (Å²) in [4.78, 5) is 32.9. The highest BCUT2D eigenvalue weighted by atomic mass is 35.5. The van der Waals surface area contributed by atoms with E-state index >= 15 is 0 Å². The molecule has 1 aromatic heterocycles. The number of amides is 2. The van der Waals surface area contributed by atoms with E-state index in [9.17, 15) is 9.59 Å². The molecule has 1 aromatic carbocycles. The van der Waals surface area contributed by atoms with Gasteiger partial charge in [-0.25, -0.2) is 4.98 Å². The van der Waals surface area contributed by atoms with Crippen LogP contribution in [0.25, 0.3) is 0 Å². The molecule has 0 aliphatic carbocycles. The number of halogens is 2. The molecule has 1 saturated heterocycles. The number of hydrogen-bond donors (Lipinski definition) is 1. The zero-order valence-electron chi connectivity index (χ0n) is 15.6. The Morgan fingerprint density at radius 1 is 1.11 bits per heavy atom. The molecule has 8 heteroatoms. The van der Waals surface area contributed by atoms with Gasteiger partial charge < -0.3 is 10.2 Å². The molecule has 1 aliphatic heterocycles. The first-order valence-electron chi connectivity index (χ1n) is 9.11. The molecule has 2 amide bonds. The highest BCUT2D eigenvalue weighted by Crippen LogP contribution is 2.19. The van der Waals surface area contributed by atoms with Crippen LogP contribution in [0.15, 0.2) is 42.6 Å². The molecule has 1 N–H and O–H groups in total. The fourth-order valence-corrected chi connectivity index (χ4v) is 3.42. The minimum Gasteiger partial charge on any atom is -0.340 e. The summed E-state index contributed by atoms with van der Waals surface area (Å²) >= 11 is 11.9. The van der Waals surface area contributed by atoms with E-state index in [1.807, 2.05) is 24.0 Å². The smallest absolute Gasteiger partial charge is 0.241 e. The molecule has 0 spiro atoms. The van der Waals surface area contributed by atoms with Gasteiger partial charge in [-0.1, -0.05) is 35.3 Å². The van der Waals surface area contributed by atoms with Gasteiger partial charge in [0.25, 0.3) is 0 Å². The standard InChI is InChI=1S/C20H22Cl2N4O2/c1-14(20(28)24-17-3-2-8-23-19(17)22)25-9-11-26(12-10-25)18(27)13-15-4-6-16(21)7-5-15/h2-8,14H,9-13H2,1H3,(H,24,28). The Morgan fingerprint density at radius 3 is 2.43 bits per heavy atom. The van der Waals surface area contributed by atoms with Crippen molar-refractivity contribution in [3.63, 3.8) is 0 Å². The van der Waals surface area contributed by atoms with E-state index in [4.69, 9.17) is 23.2 Å². The number of nitrogens with zero attached hydrogens (tertiary/aromatic N) is 3. The lowest BCUT2D eigenvalue weighted by Crippen LogP contribution is -2.54. The van der Waals surface area contributed by atoms with Crippen molar-refractivity contribution in [2.75, 3.05) is 31.5 Å². The lowest BCUT2D eigenvalue weighted by atomic mass is 10.1. The van der Waals surface area contributed by atoms with Gasteiger partial charge in [-0.15, -0.1) is 0 Å². The third-order valence-corrected chi connectivity index (χ3v) is 5.43. The van der Waals surface area contributed by atoms with Gasteiger partial charge in [0.05, 0.1) is 18.2 Å². The van der Waals surface area contributed by atoms with E-state index in [2.05, 4.69) is 15.2 Å². The topological polar surface area (TPSA) is 65.5 Å². The van der Waals surface area contributed by atoms with Crippen molar-refractivity contribution in [2.24, 2.45) is 0 Å². The highest BCUT2D eigenvalue weighted by molar-refractivity contribution is 6.32. The molecule has 0 bridgehead atoms. The number of anilines is 1. The van der Waals surface area contributed by atoms with Crippen molar-refractivity contribution in [3.8, 4) is 0 Å². The SMILES string of the molecule is CC(C(=O)Nc1cccnc1Cl)N1CCN(C(=O)Cc2ccc(Cl)cc2)CC1. The first-order chi connectivity index (χ1) is 13.4. The third-order valence-electron chi connectivity index (χ3n) is 4.88. The first kappa shape index (κ1) is 20.6. The van der Waals surface area contributed by atoms with E-state index in [0.29, 0.717) is 43.3 Å². The predicted molar refractivity (Wildman–Crippen MR) is 111 cm³/mol. The van der Waals surface area contributed by atoms with E-state index in [0.717, 1.165) is 5.56 Å². The van der Waals surface area contributed by atoms with E-state index < -0.39 is 0 Å². The summed E-state index contributed by atoms with van der Waals surface area (Å²) in [6.45, 7) is 4.32. The molecule has 148 valence electrons. The Morgan fingerprint density at radius 2 is 1.79 bits per heavy atom. The van der Waals surface area contributed by atoms with Crippen LogP contribution in [0.1, 0.15) is 12.5 Å². The first-order valence-corrected chi connectivity index (χ1v) is 9.87. The summed E-state index contributed by atoms with van der Waals surface area (Å²) in [7, 11) is 0. The minimum atomic E-state index is -0.329. The second-order valence-electron chi connectivity index (χ2n) is 6.73. The summed E-state index contributed by atoms with van der Waals surface area (Å²) in [6, 6.07) is 10.4. The summed E-state index contributed by atoms with van der Waals surface area (Å²) < 4.78 is 0. The molecule has 1 atom stereocenters. The summed E-state index contributed by atoms with van der Waals surface area (Å²) in [5.74, 6) is -0.0583. The van der Waals surface area contributed by atoms with Gasteiger partial charge in [0, 0.05) is 37.4 Å². The number of carbonyl (C=O) groups excluding carboxylic acids is 2. The summed E-state index contributed by atoms with van der Waals surface area (Å²) in [5, 5.41) is 3.73. The van der Waals surface area contributed by atoms with Crippen LogP contribution in [0.4, 0.5) is 5.69 Å². The van der Waals surface area contributed by atoms with Gasteiger partial charge in [-0.05, 0) is 36.8 Å². The predicted octanol–water partition coefficient (Wildman–Crippen LogP) is 3.10. The second-order valence-corrected chi connectivity index (χ2v) is 7.52. The van der Waals surface area contributed by atoms with Gasteiger partial charge in [0.15, 0.2) is 5.15 Å². The van der Waals surface area contributed by atoms with Crippen LogP contribution in [0.2, 0.25) is 10.2 Å². The maximum absolute atomic E-state index is 12.5. The van der Waals surface area contributed by atoms with Crippen LogP contribution in [0.5, 0.6) is 0 Å². The zero-order valence-corrected chi connectivity index (χ0v) is 17.1. The number of nitrogens with one attached hydrogen (secondary N) is 1. The number of piperazine rings is 1. The van der Waals surface area contributed by atoms with Gasteiger partial charge in [-0.2, -0.15) is 0 Å². The molecule has 0 radical (unpaired) electrons. The van der Waals surface area contributed by atoms with E-state index in [1.165, 1.54) is 0 Å². The molecule has 6 nitrogen and oxygen atoms in total. The molecule has 2 heterocycles. The second kappa shape index (κ2) is 9.37. The molecule has 1 fully saturated rings. The van der Waals surface area contributed by atoms with Crippen molar-refractivity contribution in [1.82, 2.24) is 14.8 Å². The van der Waals surface area contributed by atoms with Gasteiger partial charge >= 0.3 is 0 Å². The fraction of sp³-hybridized carbons (Fsp3) is 0.350. The number of benzene rings is 1. The number of hydrogen-bond acceptors (Lipinski definition) is 4. The fourth-order valence-electron chi connectivity index (χ4n) is 3.13. The summed E-state index contributed by atoms with van der Waals surface area (Å²) in [5.41, 5.74) is 1.44. The van der Waals surface area contributed by atoms with Gasteiger partial charge in [0.2, 0.25) is 11.8 Å². The lowest BCUT2D eigenvalue weighted by molar-refractivity contribution is -0.133. The molecular weight excluding hydrogens is 399 g/mol. The average molecular weight is 421 g/mol. The van der Waals surface area contributed by atoms with Crippen LogP contribution in [0.3, 0.4) is 0 Å². The lowest BCUT2D eigenvalue weighted by Gasteiger charge is -2.37.